The zero-order valence-electron chi connectivity index (χ0n) is 14.3. The number of halogens is 1. The van der Waals surface area contributed by atoms with Crippen LogP contribution in [0.2, 0.25) is 0 Å². The third-order valence-corrected chi connectivity index (χ3v) is 4.93. The predicted octanol–water partition coefficient (Wildman–Crippen LogP) is 2.09. The Morgan fingerprint density at radius 2 is 2.12 bits per heavy atom. The van der Waals surface area contributed by atoms with E-state index < -0.39 is 0 Å². The van der Waals surface area contributed by atoms with E-state index in [1.807, 2.05) is 0 Å². The lowest BCUT2D eigenvalue weighted by molar-refractivity contribution is 0.0647. The molecule has 1 amide bonds. The average Bonchev–Trinajstić information content (AvgIpc) is 3.09. The van der Waals surface area contributed by atoms with Crippen LogP contribution in [-0.4, -0.2) is 50.6 Å². The maximum atomic E-state index is 13.2. The molecular formula is C18H23FN4O2. The lowest BCUT2D eigenvalue weighted by Gasteiger charge is -2.33. The minimum absolute atomic E-state index is 0.155. The fourth-order valence-electron chi connectivity index (χ4n) is 3.36. The van der Waals surface area contributed by atoms with Gasteiger partial charge in [-0.1, -0.05) is 17.3 Å². The van der Waals surface area contributed by atoms with E-state index in [1.165, 1.54) is 12.1 Å². The molecule has 0 radical (unpaired) electrons. The molecule has 1 aliphatic carbocycles. The van der Waals surface area contributed by atoms with E-state index in [-0.39, 0.29) is 24.4 Å². The molecule has 6 nitrogen and oxygen atoms in total. The van der Waals surface area contributed by atoms with Crippen molar-refractivity contribution in [3.8, 4) is 0 Å². The summed E-state index contributed by atoms with van der Waals surface area (Å²) < 4.78 is 14.8. The maximum Gasteiger partial charge on any atom is 0.276 e. The van der Waals surface area contributed by atoms with Crippen LogP contribution >= 0.6 is 0 Å². The first kappa shape index (κ1) is 17.5. The Morgan fingerprint density at radius 1 is 1.36 bits per heavy atom. The number of benzene rings is 1. The molecular weight excluding hydrogens is 323 g/mol. The smallest absolute Gasteiger partial charge is 0.276 e. The molecule has 1 fully saturated rings. The Bertz CT molecular complexity index is 725. The first-order chi connectivity index (χ1) is 12.1. The molecule has 1 saturated carbocycles. The van der Waals surface area contributed by atoms with E-state index in [4.69, 9.17) is 0 Å². The highest BCUT2D eigenvalue weighted by molar-refractivity contribution is 5.91. The minimum Gasteiger partial charge on any atom is -0.396 e. The molecule has 0 unspecified atom stereocenters. The Kier molecular flexibility index (Phi) is 5.43. The van der Waals surface area contributed by atoms with E-state index in [0.717, 1.165) is 31.2 Å². The highest BCUT2D eigenvalue weighted by atomic mass is 19.1. The van der Waals surface area contributed by atoms with Crippen LogP contribution in [0.4, 0.5) is 4.39 Å². The standard InChI is InChI=1S/C18H23FN4O2/c1-22(16-7-5-13(12-24)6-8-16)18(25)17-11-23(21-20-17)10-14-3-2-4-15(19)9-14/h2-4,9,11,13,16,24H,5-8,10,12H2,1H3. The Hall–Kier alpha value is -2.28. The van der Waals surface area contributed by atoms with Crippen LogP contribution < -0.4 is 0 Å². The summed E-state index contributed by atoms with van der Waals surface area (Å²) in [6.07, 6.45) is 5.26. The number of carbonyl (C=O) groups excluding carboxylic acids is 1. The second kappa shape index (κ2) is 7.74. The number of amides is 1. The van der Waals surface area contributed by atoms with Crippen LogP contribution in [0.3, 0.4) is 0 Å². The van der Waals surface area contributed by atoms with E-state index in [9.17, 15) is 14.3 Å². The molecule has 0 atom stereocenters. The molecule has 1 heterocycles. The van der Waals surface area contributed by atoms with E-state index >= 15 is 0 Å². The molecule has 1 aliphatic rings. The molecule has 2 aromatic rings. The van der Waals surface area contributed by atoms with E-state index in [0.29, 0.717) is 18.2 Å². The van der Waals surface area contributed by atoms with Gasteiger partial charge in [0.05, 0.1) is 12.7 Å². The van der Waals surface area contributed by atoms with Gasteiger partial charge in [-0.3, -0.25) is 4.79 Å². The highest BCUT2D eigenvalue weighted by Gasteiger charge is 2.27. The molecule has 3 rings (SSSR count). The van der Waals surface area contributed by atoms with Crippen molar-refractivity contribution in [2.24, 2.45) is 5.92 Å². The SMILES string of the molecule is CN(C(=O)c1cn(Cc2cccc(F)c2)nn1)C1CCC(CO)CC1. The van der Waals surface area contributed by atoms with Crippen LogP contribution in [0, 0.1) is 11.7 Å². The summed E-state index contributed by atoms with van der Waals surface area (Å²) in [7, 11) is 1.79. The van der Waals surface area contributed by atoms with Crippen LogP contribution in [0.25, 0.3) is 0 Å². The van der Waals surface area contributed by atoms with Crippen molar-refractivity contribution in [3.63, 3.8) is 0 Å². The molecule has 1 aromatic heterocycles. The summed E-state index contributed by atoms with van der Waals surface area (Å²) in [5, 5.41) is 17.2. The number of hydrogen-bond donors (Lipinski definition) is 1. The van der Waals surface area contributed by atoms with Crippen LogP contribution in [0.1, 0.15) is 41.7 Å². The quantitative estimate of drug-likeness (QED) is 0.900. The van der Waals surface area contributed by atoms with Crippen molar-refractivity contribution in [2.45, 2.75) is 38.3 Å². The number of aliphatic hydroxyl groups is 1. The Balaban J connectivity index is 1.62. The first-order valence-electron chi connectivity index (χ1n) is 8.59. The van der Waals surface area contributed by atoms with Crippen molar-refractivity contribution < 1.29 is 14.3 Å². The monoisotopic (exact) mass is 346 g/mol. The minimum atomic E-state index is -0.299. The lowest BCUT2D eigenvalue weighted by Crippen LogP contribution is -2.40. The fourth-order valence-corrected chi connectivity index (χ4v) is 3.36. The summed E-state index contributed by atoms with van der Waals surface area (Å²) >= 11 is 0. The van der Waals surface area contributed by atoms with Crippen molar-refractivity contribution in [1.29, 1.82) is 0 Å². The normalized spacial score (nSPS) is 20.4. The zero-order chi connectivity index (χ0) is 17.8. The van der Waals surface area contributed by atoms with Crippen molar-refractivity contribution in [2.75, 3.05) is 13.7 Å². The topological polar surface area (TPSA) is 71.2 Å². The van der Waals surface area contributed by atoms with Gasteiger partial charge >= 0.3 is 0 Å². The molecule has 0 aliphatic heterocycles. The summed E-state index contributed by atoms with van der Waals surface area (Å²) in [6, 6.07) is 6.45. The average molecular weight is 346 g/mol. The number of aliphatic hydroxyl groups excluding tert-OH is 1. The number of nitrogens with zero attached hydrogens (tertiary/aromatic N) is 4. The molecule has 25 heavy (non-hydrogen) atoms. The van der Waals surface area contributed by atoms with Gasteiger partial charge in [0.25, 0.3) is 5.91 Å². The largest absolute Gasteiger partial charge is 0.396 e. The van der Waals surface area contributed by atoms with Gasteiger partial charge < -0.3 is 10.0 Å². The molecule has 0 saturated heterocycles. The Labute approximate surface area is 146 Å². The number of hydrogen-bond acceptors (Lipinski definition) is 4. The molecule has 0 spiro atoms. The third-order valence-electron chi connectivity index (χ3n) is 4.93. The van der Waals surface area contributed by atoms with Crippen LogP contribution in [0.5, 0.6) is 0 Å². The number of aromatic nitrogens is 3. The highest BCUT2D eigenvalue weighted by Crippen LogP contribution is 2.27. The van der Waals surface area contributed by atoms with E-state index in [2.05, 4.69) is 10.3 Å². The van der Waals surface area contributed by atoms with Gasteiger partial charge in [0.15, 0.2) is 5.69 Å². The molecule has 134 valence electrons. The van der Waals surface area contributed by atoms with Crippen molar-refractivity contribution >= 4 is 5.91 Å². The second-order valence-electron chi connectivity index (χ2n) is 6.70. The zero-order valence-corrected chi connectivity index (χ0v) is 14.3. The second-order valence-corrected chi connectivity index (χ2v) is 6.70. The maximum absolute atomic E-state index is 13.2. The fraction of sp³-hybridized carbons (Fsp3) is 0.500. The summed E-state index contributed by atoms with van der Waals surface area (Å²) in [4.78, 5) is 14.3. The molecule has 0 bridgehead atoms. The van der Waals surface area contributed by atoms with Gasteiger partial charge in [-0.2, -0.15) is 0 Å². The summed E-state index contributed by atoms with van der Waals surface area (Å²) in [6.45, 7) is 0.585. The number of rotatable bonds is 5. The summed E-state index contributed by atoms with van der Waals surface area (Å²) in [5.74, 6) is -0.100. The van der Waals surface area contributed by atoms with Gasteiger partial charge in [0.2, 0.25) is 0 Å². The van der Waals surface area contributed by atoms with Crippen LogP contribution in [-0.2, 0) is 6.54 Å². The van der Waals surface area contributed by atoms with Gasteiger partial charge in [-0.25, -0.2) is 9.07 Å². The van der Waals surface area contributed by atoms with E-state index in [1.54, 1.807) is 35.0 Å². The molecule has 1 aromatic carbocycles. The third kappa shape index (κ3) is 4.22. The van der Waals surface area contributed by atoms with Gasteiger partial charge in [0.1, 0.15) is 5.82 Å². The Morgan fingerprint density at radius 3 is 2.80 bits per heavy atom. The molecule has 1 N–H and O–H groups in total. The van der Waals surface area contributed by atoms with Crippen molar-refractivity contribution in [3.05, 3.63) is 47.5 Å². The van der Waals surface area contributed by atoms with Gasteiger partial charge in [-0.05, 0) is 49.3 Å². The van der Waals surface area contributed by atoms with Gasteiger partial charge in [0, 0.05) is 19.7 Å². The van der Waals surface area contributed by atoms with Crippen LogP contribution in [0.15, 0.2) is 30.5 Å². The summed E-state index contributed by atoms with van der Waals surface area (Å²) in [5.41, 5.74) is 1.06. The van der Waals surface area contributed by atoms with Crippen molar-refractivity contribution in [1.82, 2.24) is 19.9 Å². The van der Waals surface area contributed by atoms with Gasteiger partial charge in [-0.15, -0.1) is 5.10 Å². The number of carbonyl (C=O) groups is 1. The molecule has 7 heteroatoms. The lowest BCUT2D eigenvalue weighted by atomic mass is 9.86. The predicted molar refractivity (Wildman–Crippen MR) is 90.4 cm³/mol. The first-order valence-corrected chi connectivity index (χ1v) is 8.59.